The second kappa shape index (κ2) is 6.66. The maximum atomic E-state index is 12.8. The third kappa shape index (κ3) is 3.42. The number of hydrogen-bond donors (Lipinski definition) is 2. The molecule has 0 aromatic carbocycles. The summed E-state index contributed by atoms with van der Waals surface area (Å²) in [5.74, 6) is 0.936. The Hall–Kier alpha value is -0.610. The lowest BCUT2D eigenvalue weighted by molar-refractivity contribution is -0.133. The fourth-order valence-electron chi connectivity index (χ4n) is 4.09. The Labute approximate surface area is 129 Å². The van der Waals surface area contributed by atoms with Gasteiger partial charge in [-0.2, -0.15) is 0 Å². The Kier molecular flexibility index (Phi) is 5.31. The molecule has 122 valence electrons. The predicted molar refractivity (Wildman–Crippen MR) is 87.0 cm³/mol. The number of carbonyl (C=O) groups is 1. The van der Waals surface area contributed by atoms with Crippen LogP contribution in [0.2, 0.25) is 0 Å². The van der Waals surface area contributed by atoms with Gasteiger partial charge in [-0.1, -0.05) is 19.8 Å². The number of nitrogens with zero attached hydrogens (tertiary/aromatic N) is 1. The SMILES string of the molecule is CC1CCC(CN)(C(=O)NCC2(N(C)C)CCCC2)CC1. The van der Waals surface area contributed by atoms with Crippen LogP contribution in [0.5, 0.6) is 0 Å². The smallest absolute Gasteiger partial charge is 0.227 e. The van der Waals surface area contributed by atoms with Gasteiger partial charge in [-0.05, 0) is 58.5 Å². The topological polar surface area (TPSA) is 58.4 Å². The molecule has 0 unspecified atom stereocenters. The molecule has 2 rings (SSSR count). The molecule has 0 aliphatic heterocycles. The molecule has 0 saturated heterocycles. The Morgan fingerprint density at radius 3 is 2.24 bits per heavy atom. The lowest BCUT2D eigenvalue weighted by Crippen LogP contribution is -2.55. The van der Waals surface area contributed by atoms with Gasteiger partial charge in [0.15, 0.2) is 0 Å². The minimum atomic E-state index is -0.307. The van der Waals surface area contributed by atoms with E-state index in [-0.39, 0.29) is 16.9 Å². The van der Waals surface area contributed by atoms with Crippen molar-refractivity contribution in [3.63, 3.8) is 0 Å². The van der Waals surface area contributed by atoms with Crippen molar-refractivity contribution in [2.24, 2.45) is 17.1 Å². The fraction of sp³-hybridized carbons (Fsp3) is 0.941. The molecule has 4 nitrogen and oxygen atoms in total. The zero-order chi connectivity index (χ0) is 15.5. The van der Waals surface area contributed by atoms with E-state index >= 15 is 0 Å². The van der Waals surface area contributed by atoms with Crippen LogP contribution in [-0.4, -0.2) is 43.5 Å². The van der Waals surface area contributed by atoms with Crippen molar-refractivity contribution in [3.05, 3.63) is 0 Å². The van der Waals surface area contributed by atoms with E-state index in [2.05, 4.69) is 31.2 Å². The predicted octanol–water partition coefficient (Wildman–Crippen LogP) is 2.13. The van der Waals surface area contributed by atoms with Crippen LogP contribution in [0.1, 0.15) is 58.3 Å². The van der Waals surface area contributed by atoms with Crippen LogP contribution in [-0.2, 0) is 4.79 Å². The minimum Gasteiger partial charge on any atom is -0.354 e. The molecular formula is C17H33N3O. The molecule has 4 heteroatoms. The summed E-state index contributed by atoms with van der Waals surface area (Å²) in [6, 6.07) is 0. The van der Waals surface area contributed by atoms with E-state index in [1.165, 1.54) is 25.7 Å². The number of likely N-dealkylation sites (N-methyl/N-ethyl adjacent to an activating group) is 1. The maximum Gasteiger partial charge on any atom is 0.227 e. The number of nitrogens with two attached hydrogens (primary N) is 1. The van der Waals surface area contributed by atoms with Crippen molar-refractivity contribution in [3.8, 4) is 0 Å². The first-order valence-electron chi connectivity index (χ1n) is 8.60. The number of hydrogen-bond acceptors (Lipinski definition) is 3. The van der Waals surface area contributed by atoms with E-state index in [9.17, 15) is 4.79 Å². The molecule has 21 heavy (non-hydrogen) atoms. The number of carbonyl (C=O) groups excluding carboxylic acids is 1. The van der Waals surface area contributed by atoms with Crippen LogP contribution in [0.4, 0.5) is 0 Å². The maximum absolute atomic E-state index is 12.8. The first kappa shape index (κ1) is 16.8. The minimum absolute atomic E-state index is 0.160. The van der Waals surface area contributed by atoms with Gasteiger partial charge in [0.1, 0.15) is 0 Å². The van der Waals surface area contributed by atoms with Crippen LogP contribution < -0.4 is 11.1 Å². The highest BCUT2D eigenvalue weighted by atomic mass is 16.2. The summed E-state index contributed by atoms with van der Waals surface area (Å²) in [6.45, 7) is 3.54. The molecule has 0 spiro atoms. The normalized spacial score (nSPS) is 32.3. The standard InChI is InChI=1S/C17H33N3O/c1-14-6-10-16(12-18,11-7-14)15(21)19-13-17(20(2)3)8-4-5-9-17/h14H,4-13,18H2,1-3H3,(H,19,21). The second-order valence-corrected chi connectivity index (χ2v) is 7.68. The average molecular weight is 295 g/mol. The van der Waals surface area contributed by atoms with Gasteiger partial charge in [0.05, 0.1) is 5.41 Å². The molecule has 0 heterocycles. The van der Waals surface area contributed by atoms with Gasteiger partial charge < -0.3 is 16.0 Å². The Morgan fingerprint density at radius 2 is 1.76 bits per heavy atom. The molecule has 2 saturated carbocycles. The van der Waals surface area contributed by atoms with Crippen LogP contribution in [0.3, 0.4) is 0 Å². The molecule has 2 aliphatic carbocycles. The van der Waals surface area contributed by atoms with Crippen molar-refractivity contribution in [1.29, 1.82) is 0 Å². The molecule has 0 aromatic rings. The highest BCUT2D eigenvalue weighted by Gasteiger charge is 2.42. The quantitative estimate of drug-likeness (QED) is 0.817. The van der Waals surface area contributed by atoms with E-state index in [0.29, 0.717) is 6.54 Å². The number of amides is 1. The van der Waals surface area contributed by atoms with Crippen molar-refractivity contribution in [2.75, 3.05) is 27.2 Å². The summed E-state index contributed by atoms with van der Waals surface area (Å²) in [5.41, 5.74) is 5.84. The zero-order valence-corrected chi connectivity index (χ0v) is 14.1. The Morgan fingerprint density at radius 1 is 1.19 bits per heavy atom. The van der Waals surface area contributed by atoms with Gasteiger partial charge in [-0.15, -0.1) is 0 Å². The molecular weight excluding hydrogens is 262 g/mol. The Balaban J connectivity index is 1.96. The van der Waals surface area contributed by atoms with Crippen LogP contribution in [0.25, 0.3) is 0 Å². The van der Waals surface area contributed by atoms with E-state index in [4.69, 9.17) is 5.73 Å². The van der Waals surface area contributed by atoms with E-state index in [1.807, 2.05) is 0 Å². The first-order chi connectivity index (χ1) is 9.94. The monoisotopic (exact) mass is 295 g/mol. The van der Waals surface area contributed by atoms with Gasteiger partial charge in [0.2, 0.25) is 5.91 Å². The third-order valence-corrected chi connectivity index (χ3v) is 6.16. The van der Waals surface area contributed by atoms with Gasteiger partial charge in [-0.25, -0.2) is 0 Å². The van der Waals surface area contributed by atoms with Gasteiger partial charge in [0.25, 0.3) is 0 Å². The van der Waals surface area contributed by atoms with Gasteiger partial charge in [0, 0.05) is 18.6 Å². The number of nitrogens with one attached hydrogen (secondary N) is 1. The molecule has 0 bridgehead atoms. The Bertz CT molecular complexity index is 353. The van der Waals surface area contributed by atoms with Crippen LogP contribution >= 0.6 is 0 Å². The molecule has 0 aromatic heterocycles. The van der Waals surface area contributed by atoms with Crippen LogP contribution in [0, 0.1) is 11.3 Å². The summed E-state index contributed by atoms with van der Waals surface area (Å²) < 4.78 is 0. The summed E-state index contributed by atoms with van der Waals surface area (Å²) in [7, 11) is 4.27. The molecule has 2 fully saturated rings. The highest BCUT2D eigenvalue weighted by molar-refractivity contribution is 5.83. The zero-order valence-electron chi connectivity index (χ0n) is 14.1. The van der Waals surface area contributed by atoms with Crippen molar-refractivity contribution >= 4 is 5.91 Å². The summed E-state index contributed by atoms with van der Waals surface area (Å²) in [6.07, 6.45) is 9.07. The average Bonchev–Trinajstić information content (AvgIpc) is 2.96. The molecule has 1 amide bonds. The van der Waals surface area contributed by atoms with Crippen molar-refractivity contribution < 1.29 is 4.79 Å². The lowest BCUT2D eigenvalue weighted by Gasteiger charge is -2.40. The fourth-order valence-corrected chi connectivity index (χ4v) is 4.09. The van der Waals surface area contributed by atoms with E-state index in [1.54, 1.807) is 0 Å². The first-order valence-corrected chi connectivity index (χ1v) is 8.60. The number of rotatable bonds is 5. The summed E-state index contributed by atoms with van der Waals surface area (Å²) in [5, 5.41) is 3.26. The van der Waals surface area contributed by atoms with Crippen LogP contribution in [0.15, 0.2) is 0 Å². The highest BCUT2D eigenvalue weighted by Crippen LogP contribution is 2.39. The largest absolute Gasteiger partial charge is 0.354 e. The van der Waals surface area contributed by atoms with Crippen molar-refractivity contribution in [2.45, 2.75) is 63.8 Å². The summed E-state index contributed by atoms with van der Waals surface area (Å²) in [4.78, 5) is 15.1. The summed E-state index contributed by atoms with van der Waals surface area (Å²) >= 11 is 0. The molecule has 0 radical (unpaired) electrons. The molecule has 0 atom stereocenters. The van der Waals surface area contributed by atoms with Gasteiger partial charge >= 0.3 is 0 Å². The van der Waals surface area contributed by atoms with E-state index in [0.717, 1.165) is 38.1 Å². The van der Waals surface area contributed by atoms with Gasteiger partial charge in [-0.3, -0.25) is 4.79 Å². The molecule has 2 aliphatic rings. The van der Waals surface area contributed by atoms with E-state index < -0.39 is 0 Å². The van der Waals surface area contributed by atoms with Crippen molar-refractivity contribution in [1.82, 2.24) is 10.2 Å². The molecule has 3 N–H and O–H groups in total. The third-order valence-electron chi connectivity index (χ3n) is 6.16. The second-order valence-electron chi connectivity index (χ2n) is 7.68. The lowest BCUT2D eigenvalue weighted by atomic mass is 9.70.